The first-order chi connectivity index (χ1) is 15.6. The van der Waals surface area contributed by atoms with Crippen LogP contribution in [0.3, 0.4) is 0 Å². The number of aliphatic hydroxyl groups excluding tert-OH is 1. The summed E-state index contributed by atoms with van der Waals surface area (Å²) in [5, 5.41) is 16.2. The lowest BCUT2D eigenvalue weighted by atomic mass is 9.92. The number of amides is 2. The summed E-state index contributed by atoms with van der Waals surface area (Å²) in [5.74, 6) is -0.663. The Kier molecular flexibility index (Phi) is 3.49. The fourth-order valence-electron chi connectivity index (χ4n) is 5.97. The Hall–Kier alpha value is -3.64. The zero-order valence-electron chi connectivity index (χ0n) is 17.3. The van der Waals surface area contributed by atoms with Crippen LogP contribution in [-0.4, -0.2) is 32.6 Å². The van der Waals surface area contributed by atoms with Crippen molar-refractivity contribution in [1.29, 1.82) is 0 Å². The molecule has 1 aliphatic heterocycles. The number of rotatable bonds is 1. The average molecular weight is 423 g/mol. The zero-order valence-corrected chi connectivity index (χ0v) is 17.3. The van der Waals surface area contributed by atoms with Gasteiger partial charge < -0.3 is 14.7 Å². The average Bonchev–Trinajstić information content (AvgIpc) is 3.44. The number of nitrogens with one attached hydrogen (secondary N) is 2. The molecular weight excluding hydrogens is 402 g/mol. The Balaban J connectivity index is 1.75. The van der Waals surface area contributed by atoms with Gasteiger partial charge in [-0.15, -0.1) is 0 Å². The normalized spacial score (nSPS) is 21.2. The quantitative estimate of drug-likeness (QED) is 0.339. The second-order valence-corrected chi connectivity index (χ2v) is 9.03. The number of H-pyrrole nitrogens is 1. The van der Waals surface area contributed by atoms with E-state index in [2.05, 4.69) is 20.9 Å². The molecule has 6 heteroatoms. The maximum atomic E-state index is 13.1. The van der Waals surface area contributed by atoms with Gasteiger partial charge in [0.05, 0.1) is 28.3 Å². The third kappa shape index (κ3) is 2.17. The molecule has 2 aliphatic rings. The molecule has 0 saturated heterocycles. The summed E-state index contributed by atoms with van der Waals surface area (Å²) in [5.41, 5.74) is 4.82. The Morgan fingerprint density at radius 3 is 2.25 bits per heavy atom. The molecule has 1 aliphatic carbocycles. The standard InChI is InChI=1S/C26H21N3O3/c30-14-11-9-13(10-12-14)29-18-8-4-2-6-16(18)20-22-21(25(31)28-26(22)32)19-15-5-1-3-7-17(15)27-23(19)24(20)29/h1-8,13-14,27,30H,9-12H2,(H,28,31,32). The summed E-state index contributed by atoms with van der Waals surface area (Å²) in [6.07, 6.45) is 3.02. The third-order valence-electron chi connectivity index (χ3n) is 7.32. The van der Waals surface area contributed by atoms with Gasteiger partial charge in [0.15, 0.2) is 0 Å². The Morgan fingerprint density at radius 1 is 0.812 bits per heavy atom. The highest BCUT2D eigenvalue weighted by Crippen LogP contribution is 2.46. The van der Waals surface area contributed by atoms with Crippen LogP contribution >= 0.6 is 0 Å². The molecule has 3 N–H and O–H groups in total. The molecule has 5 aromatic rings. The number of nitrogens with zero attached hydrogens (tertiary/aromatic N) is 1. The van der Waals surface area contributed by atoms with Crippen LogP contribution < -0.4 is 5.32 Å². The van der Waals surface area contributed by atoms with Crippen LogP contribution in [-0.2, 0) is 0 Å². The highest BCUT2D eigenvalue weighted by atomic mass is 16.3. The van der Waals surface area contributed by atoms with E-state index in [-0.39, 0.29) is 24.0 Å². The molecule has 3 heterocycles. The summed E-state index contributed by atoms with van der Waals surface area (Å²) in [4.78, 5) is 29.6. The number of hydrogen-bond acceptors (Lipinski definition) is 3. The number of hydrogen-bond donors (Lipinski definition) is 3. The van der Waals surface area contributed by atoms with Crippen molar-refractivity contribution < 1.29 is 14.7 Å². The first-order valence-electron chi connectivity index (χ1n) is 11.2. The lowest BCUT2D eigenvalue weighted by Gasteiger charge is -2.28. The molecule has 0 spiro atoms. The van der Waals surface area contributed by atoms with Crippen LogP contribution in [0.25, 0.3) is 43.6 Å². The molecule has 0 atom stereocenters. The van der Waals surface area contributed by atoms with Crippen LogP contribution in [0.1, 0.15) is 52.4 Å². The van der Waals surface area contributed by atoms with E-state index in [1.807, 2.05) is 42.5 Å². The molecule has 0 radical (unpaired) electrons. The van der Waals surface area contributed by atoms with Gasteiger partial charge in [0, 0.05) is 38.6 Å². The first-order valence-corrected chi connectivity index (χ1v) is 11.2. The molecule has 0 bridgehead atoms. The molecule has 1 fully saturated rings. The van der Waals surface area contributed by atoms with Gasteiger partial charge in [0.1, 0.15) is 0 Å². The van der Waals surface area contributed by atoms with E-state index in [0.29, 0.717) is 11.1 Å². The topological polar surface area (TPSA) is 87.1 Å². The number of carbonyl (C=O) groups is 2. The minimum absolute atomic E-state index is 0.216. The Morgan fingerprint density at radius 2 is 1.47 bits per heavy atom. The van der Waals surface area contributed by atoms with Gasteiger partial charge in [0.2, 0.25) is 0 Å². The molecule has 1 saturated carbocycles. The highest BCUT2D eigenvalue weighted by Gasteiger charge is 2.36. The highest BCUT2D eigenvalue weighted by molar-refractivity contribution is 6.39. The monoisotopic (exact) mass is 423 g/mol. The second kappa shape index (κ2) is 6.20. The fraction of sp³-hybridized carbons (Fsp3) is 0.231. The van der Waals surface area contributed by atoms with Gasteiger partial charge in [-0.25, -0.2) is 0 Å². The van der Waals surface area contributed by atoms with Crippen LogP contribution in [0.4, 0.5) is 0 Å². The van der Waals surface area contributed by atoms with E-state index in [9.17, 15) is 14.7 Å². The number of aromatic nitrogens is 2. The molecule has 2 amide bonds. The molecule has 0 unspecified atom stereocenters. The summed E-state index contributed by atoms with van der Waals surface area (Å²) < 4.78 is 2.35. The molecular formula is C26H21N3O3. The van der Waals surface area contributed by atoms with Gasteiger partial charge >= 0.3 is 0 Å². The van der Waals surface area contributed by atoms with E-state index in [4.69, 9.17) is 0 Å². The summed E-state index contributed by atoms with van der Waals surface area (Å²) in [7, 11) is 0. The summed E-state index contributed by atoms with van der Waals surface area (Å²) >= 11 is 0. The maximum absolute atomic E-state index is 13.1. The van der Waals surface area contributed by atoms with Gasteiger partial charge in [-0.2, -0.15) is 0 Å². The van der Waals surface area contributed by atoms with Crippen LogP contribution in [0.5, 0.6) is 0 Å². The summed E-state index contributed by atoms with van der Waals surface area (Å²) in [6, 6.07) is 16.3. The molecule has 7 rings (SSSR count). The first kappa shape index (κ1) is 18.0. The van der Waals surface area contributed by atoms with Crippen molar-refractivity contribution in [1.82, 2.24) is 14.9 Å². The van der Waals surface area contributed by atoms with Gasteiger partial charge in [-0.1, -0.05) is 36.4 Å². The number of aliphatic hydroxyl groups is 1. The van der Waals surface area contributed by atoms with Crippen molar-refractivity contribution >= 4 is 55.4 Å². The van der Waals surface area contributed by atoms with Crippen molar-refractivity contribution in [2.45, 2.75) is 37.8 Å². The van der Waals surface area contributed by atoms with E-state index < -0.39 is 0 Å². The molecule has 32 heavy (non-hydrogen) atoms. The van der Waals surface area contributed by atoms with E-state index in [0.717, 1.165) is 69.3 Å². The van der Waals surface area contributed by atoms with Crippen LogP contribution in [0, 0.1) is 0 Å². The smallest absolute Gasteiger partial charge is 0.259 e. The lowest BCUT2D eigenvalue weighted by molar-refractivity contribution is 0.0880. The van der Waals surface area contributed by atoms with Crippen molar-refractivity contribution in [3.05, 3.63) is 59.7 Å². The minimum Gasteiger partial charge on any atom is -0.393 e. The largest absolute Gasteiger partial charge is 0.393 e. The second-order valence-electron chi connectivity index (χ2n) is 9.03. The third-order valence-corrected chi connectivity index (χ3v) is 7.32. The van der Waals surface area contributed by atoms with Crippen LogP contribution in [0.2, 0.25) is 0 Å². The molecule has 2 aromatic heterocycles. The number of para-hydroxylation sites is 2. The van der Waals surface area contributed by atoms with Gasteiger partial charge in [0.25, 0.3) is 11.8 Å². The van der Waals surface area contributed by atoms with Crippen molar-refractivity contribution in [3.8, 4) is 0 Å². The Bertz CT molecular complexity index is 1620. The Labute approximate surface area is 182 Å². The predicted molar refractivity (Wildman–Crippen MR) is 124 cm³/mol. The number of aromatic amines is 1. The zero-order chi connectivity index (χ0) is 21.6. The van der Waals surface area contributed by atoms with E-state index in [1.165, 1.54) is 0 Å². The fourth-order valence-corrected chi connectivity index (χ4v) is 5.97. The lowest BCUT2D eigenvalue weighted by Crippen LogP contribution is -2.21. The maximum Gasteiger partial charge on any atom is 0.259 e. The van der Waals surface area contributed by atoms with Crippen molar-refractivity contribution in [2.75, 3.05) is 0 Å². The number of fused-ring (bicyclic) bond motifs is 10. The molecule has 3 aromatic carbocycles. The van der Waals surface area contributed by atoms with Gasteiger partial charge in [-0.05, 0) is 37.8 Å². The van der Waals surface area contributed by atoms with Crippen molar-refractivity contribution in [3.63, 3.8) is 0 Å². The summed E-state index contributed by atoms with van der Waals surface area (Å²) in [6.45, 7) is 0. The van der Waals surface area contributed by atoms with Crippen LogP contribution in [0.15, 0.2) is 48.5 Å². The minimum atomic E-state index is -0.334. The van der Waals surface area contributed by atoms with E-state index >= 15 is 0 Å². The number of imide groups is 1. The van der Waals surface area contributed by atoms with E-state index in [1.54, 1.807) is 0 Å². The molecule has 158 valence electrons. The number of carbonyl (C=O) groups excluding carboxylic acids is 2. The number of benzene rings is 3. The predicted octanol–water partition coefficient (Wildman–Crippen LogP) is 4.79. The molecule has 6 nitrogen and oxygen atoms in total. The SMILES string of the molecule is O=C1NC(=O)c2c1c1c3ccccc3[nH]c1c1c2c2ccccc2n1C1CCC(O)CC1. The van der Waals surface area contributed by atoms with Gasteiger partial charge in [-0.3, -0.25) is 14.9 Å². The van der Waals surface area contributed by atoms with Crippen molar-refractivity contribution in [2.24, 2.45) is 0 Å².